The van der Waals surface area contributed by atoms with Crippen LogP contribution >= 0.6 is 11.3 Å². The Hall–Kier alpha value is -1.66. The van der Waals surface area contributed by atoms with E-state index in [1.54, 1.807) is 6.20 Å². The number of nitrogens with one attached hydrogen (secondary N) is 1. The lowest BCUT2D eigenvalue weighted by Gasteiger charge is -2.24. The van der Waals surface area contributed by atoms with E-state index in [1.807, 2.05) is 12.1 Å². The van der Waals surface area contributed by atoms with Gasteiger partial charge in [-0.25, -0.2) is 0 Å². The van der Waals surface area contributed by atoms with Gasteiger partial charge < -0.3 is 11.1 Å². The molecule has 21 heavy (non-hydrogen) atoms. The van der Waals surface area contributed by atoms with Crippen LogP contribution in [-0.4, -0.2) is 41.5 Å². The number of thiophene rings is 1. The molecule has 2 aromatic heterocycles. The van der Waals surface area contributed by atoms with Gasteiger partial charge in [0, 0.05) is 24.8 Å². The SMILES string of the molecule is CC(CNC(=O)c1sc2cccnc2c1N)N(C)C1CC1. The Labute approximate surface area is 128 Å². The molecule has 1 amide bonds. The molecule has 3 rings (SSSR count). The fraction of sp³-hybridized carbons (Fsp3) is 0.467. The summed E-state index contributed by atoms with van der Waals surface area (Å²) in [6.07, 6.45) is 4.23. The highest BCUT2D eigenvalue weighted by Crippen LogP contribution is 2.31. The third kappa shape index (κ3) is 2.87. The van der Waals surface area contributed by atoms with Crippen LogP contribution in [-0.2, 0) is 0 Å². The zero-order valence-electron chi connectivity index (χ0n) is 12.3. The first kappa shape index (κ1) is 14.3. The van der Waals surface area contributed by atoms with Crippen LogP contribution < -0.4 is 11.1 Å². The normalized spacial score (nSPS) is 16.3. The van der Waals surface area contributed by atoms with Gasteiger partial charge >= 0.3 is 0 Å². The summed E-state index contributed by atoms with van der Waals surface area (Å²) in [6.45, 7) is 2.77. The summed E-state index contributed by atoms with van der Waals surface area (Å²) in [5.74, 6) is -0.105. The van der Waals surface area contributed by atoms with Crippen LogP contribution in [0.2, 0.25) is 0 Å². The van der Waals surface area contributed by atoms with E-state index in [2.05, 4.69) is 29.2 Å². The third-order valence-electron chi connectivity index (χ3n) is 4.06. The molecule has 0 saturated heterocycles. The lowest BCUT2D eigenvalue weighted by molar-refractivity contribution is 0.0944. The van der Waals surface area contributed by atoms with Gasteiger partial charge in [-0.05, 0) is 38.9 Å². The number of amides is 1. The number of carbonyl (C=O) groups excluding carboxylic acids is 1. The predicted octanol–water partition coefficient (Wildman–Crippen LogP) is 2.09. The number of likely N-dealkylation sites (N-methyl/N-ethyl adjacent to an activating group) is 1. The number of carbonyl (C=O) groups is 1. The van der Waals surface area contributed by atoms with Gasteiger partial charge in [-0.1, -0.05) is 0 Å². The maximum absolute atomic E-state index is 12.3. The van der Waals surface area contributed by atoms with E-state index < -0.39 is 0 Å². The van der Waals surface area contributed by atoms with Crippen LogP contribution in [0.15, 0.2) is 18.3 Å². The highest BCUT2D eigenvalue weighted by Gasteiger charge is 2.29. The molecule has 0 bridgehead atoms. The summed E-state index contributed by atoms with van der Waals surface area (Å²) in [5, 5.41) is 2.99. The number of aromatic nitrogens is 1. The molecule has 2 heterocycles. The summed E-state index contributed by atoms with van der Waals surface area (Å²) in [6, 6.07) is 4.81. The molecule has 1 atom stereocenters. The number of hydrogen-bond donors (Lipinski definition) is 2. The topological polar surface area (TPSA) is 71.2 Å². The largest absolute Gasteiger partial charge is 0.396 e. The van der Waals surface area contributed by atoms with Crippen LogP contribution in [0.1, 0.15) is 29.4 Å². The molecule has 1 fully saturated rings. The quantitative estimate of drug-likeness (QED) is 0.887. The Morgan fingerprint density at radius 1 is 1.62 bits per heavy atom. The molecule has 5 nitrogen and oxygen atoms in total. The summed E-state index contributed by atoms with van der Waals surface area (Å²) >= 11 is 1.40. The van der Waals surface area contributed by atoms with Gasteiger partial charge in [0.05, 0.1) is 10.4 Å². The molecular formula is C15H20N4OS. The van der Waals surface area contributed by atoms with Crippen molar-refractivity contribution in [1.82, 2.24) is 15.2 Å². The minimum Gasteiger partial charge on any atom is -0.396 e. The number of fused-ring (bicyclic) bond motifs is 1. The first-order valence-electron chi connectivity index (χ1n) is 7.21. The summed E-state index contributed by atoms with van der Waals surface area (Å²) in [7, 11) is 2.12. The molecule has 1 saturated carbocycles. The fourth-order valence-electron chi connectivity index (χ4n) is 2.42. The summed E-state index contributed by atoms with van der Waals surface area (Å²) in [4.78, 5) is 19.4. The number of rotatable bonds is 5. The van der Waals surface area contributed by atoms with E-state index in [1.165, 1.54) is 24.2 Å². The predicted molar refractivity (Wildman–Crippen MR) is 86.6 cm³/mol. The highest BCUT2D eigenvalue weighted by atomic mass is 32.1. The van der Waals surface area contributed by atoms with E-state index in [0.29, 0.717) is 29.2 Å². The molecule has 0 aromatic carbocycles. The maximum Gasteiger partial charge on any atom is 0.263 e. The van der Waals surface area contributed by atoms with Crippen molar-refractivity contribution in [3.05, 3.63) is 23.2 Å². The van der Waals surface area contributed by atoms with Crippen molar-refractivity contribution < 1.29 is 4.79 Å². The lowest BCUT2D eigenvalue weighted by atomic mass is 10.2. The van der Waals surface area contributed by atoms with Crippen LogP contribution in [0, 0.1) is 0 Å². The minimum absolute atomic E-state index is 0.105. The van der Waals surface area contributed by atoms with Gasteiger partial charge in [0.15, 0.2) is 0 Å². The van der Waals surface area contributed by atoms with Crippen molar-refractivity contribution in [1.29, 1.82) is 0 Å². The fourth-order valence-corrected chi connectivity index (χ4v) is 3.42. The van der Waals surface area contributed by atoms with Crippen molar-refractivity contribution in [2.24, 2.45) is 0 Å². The van der Waals surface area contributed by atoms with E-state index in [9.17, 15) is 4.79 Å². The van der Waals surface area contributed by atoms with Gasteiger partial charge in [0.25, 0.3) is 5.91 Å². The number of hydrogen-bond acceptors (Lipinski definition) is 5. The van der Waals surface area contributed by atoms with Crippen LogP contribution in [0.4, 0.5) is 5.69 Å². The monoisotopic (exact) mass is 304 g/mol. The van der Waals surface area contributed by atoms with Crippen LogP contribution in [0.25, 0.3) is 10.2 Å². The number of nitrogens with two attached hydrogens (primary N) is 1. The van der Waals surface area contributed by atoms with Crippen LogP contribution in [0.5, 0.6) is 0 Å². The average Bonchev–Trinajstić information content (AvgIpc) is 3.29. The van der Waals surface area contributed by atoms with Gasteiger partial charge in [0.1, 0.15) is 10.4 Å². The van der Waals surface area contributed by atoms with Gasteiger partial charge in [0.2, 0.25) is 0 Å². The van der Waals surface area contributed by atoms with Gasteiger partial charge in [-0.15, -0.1) is 11.3 Å². The highest BCUT2D eigenvalue weighted by molar-refractivity contribution is 7.21. The first-order chi connectivity index (χ1) is 10.1. The Morgan fingerprint density at radius 2 is 2.38 bits per heavy atom. The Morgan fingerprint density at radius 3 is 3.05 bits per heavy atom. The molecule has 1 aliphatic rings. The maximum atomic E-state index is 12.3. The Bertz CT molecular complexity index is 665. The molecule has 0 aliphatic heterocycles. The average molecular weight is 304 g/mol. The lowest BCUT2D eigenvalue weighted by Crippen LogP contribution is -2.41. The van der Waals surface area contributed by atoms with E-state index in [-0.39, 0.29) is 5.91 Å². The Balaban J connectivity index is 1.67. The number of nitrogens with zero attached hydrogens (tertiary/aromatic N) is 2. The molecule has 1 unspecified atom stereocenters. The first-order valence-corrected chi connectivity index (χ1v) is 8.02. The molecule has 6 heteroatoms. The number of anilines is 1. The standard InChI is InChI=1S/C15H20N4OS/c1-9(19(2)10-5-6-10)8-18-15(20)14-12(16)13-11(21-14)4-3-7-17-13/h3-4,7,9-10H,5-6,8,16H2,1-2H3,(H,18,20). The Kier molecular flexibility index (Phi) is 3.82. The van der Waals surface area contributed by atoms with Crippen molar-refractivity contribution in [2.75, 3.05) is 19.3 Å². The van der Waals surface area contributed by atoms with Crippen molar-refractivity contribution >= 4 is 33.1 Å². The van der Waals surface area contributed by atoms with Crippen LogP contribution in [0.3, 0.4) is 0 Å². The van der Waals surface area contributed by atoms with Gasteiger partial charge in [-0.3, -0.25) is 14.7 Å². The zero-order chi connectivity index (χ0) is 15.0. The van der Waals surface area contributed by atoms with Crippen molar-refractivity contribution in [2.45, 2.75) is 31.8 Å². The molecule has 112 valence electrons. The van der Waals surface area contributed by atoms with E-state index in [4.69, 9.17) is 5.73 Å². The molecule has 0 radical (unpaired) electrons. The third-order valence-corrected chi connectivity index (χ3v) is 5.22. The van der Waals surface area contributed by atoms with E-state index in [0.717, 1.165) is 10.2 Å². The second-order valence-electron chi connectivity index (χ2n) is 5.65. The molecule has 2 aromatic rings. The van der Waals surface area contributed by atoms with Crippen molar-refractivity contribution in [3.63, 3.8) is 0 Å². The number of nitrogen functional groups attached to an aromatic ring is 1. The van der Waals surface area contributed by atoms with Gasteiger partial charge in [-0.2, -0.15) is 0 Å². The minimum atomic E-state index is -0.105. The summed E-state index contributed by atoms with van der Waals surface area (Å²) < 4.78 is 0.947. The van der Waals surface area contributed by atoms with E-state index >= 15 is 0 Å². The molecular weight excluding hydrogens is 284 g/mol. The summed E-state index contributed by atoms with van der Waals surface area (Å²) in [5.41, 5.74) is 7.24. The second kappa shape index (κ2) is 5.61. The zero-order valence-corrected chi connectivity index (χ0v) is 13.1. The second-order valence-corrected chi connectivity index (χ2v) is 6.70. The molecule has 1 aliphatic carbocycles. The number of pyridine rings is 1. The molecule has 3 N–H and O–H groups in total. The smallest absolute Gasteiger partial charge is 0.263 e. The van der Waals surface area contributed by atoms with Crippen molar-refractivity contribution in [3.8, 4) is 0 Å². The molecule has 0 spiro atoms.